The minimum atomic E-state index is -0.305. The number of halogens is 1. The minimum Gasteiger partial charge on any atom is -0.382 e. The zero-order valence-electron chi connectivity index (χ0n) is 14.6. The topological polar surface area (TPSA) is 68.2 Å². The van der Waals surface area contributed by atoms with Crippen molar-refractivity contribution in [3.05, 3.63) is 50.9 Å². The van der Waals surface area contributed by atoms with Crippen LogP contribution in [0.25, 0.3) is 5.69 Å². The predicted molar refractivity (Wildman–Crippen MR) is 102 cm³/mol. The van der Waals surface area contributed by atoms with Gasteiger partial charge in [0.25, 0.3) is 5.56 Å². The van der Waals surface area contributed by atoms with E-state index in [0.717, 1.165) is 57.8 Å². The molecule has 0 radical (unpaired) electrons. The largest absolute Gasteiger partial charge is 0.382 e. The van der Waals surface area contributed by atoms with Gasteiger partial charge < -0.3 is 15.4 Å². The molecule has 7 heteroatoms. The van der Waals surface area contributed by atoms with Gasteiger partial charge >= 0.3 is 0 Å². The molecule has 0 unspecified atom stereocenters. The number of hydrogen-bond donors (Lipinski definition) is 2. The molecule has 0 bridgehead atoms. The lowest BCUT2D eigenvalue weighted by Gasteiger charge is -2.23. The zero-order chi connectivity index (χ0) is 17.9. The first-order valence-electron chi connectivity index (χ1n) is 9.15. The molecule has 6 nitrogen and oxygen atoms in total. The van der Waals surface area contributed by atoms with Crippen molar-refractivity contribution < 1.29 is 4.74 Å². The SMILES string of the molecule is O=c1c(Cl)c(NC[C@@H]2CCCOC2)cnn1-c1ccc2c(c1)CNCC2. The van der Waals surface area contributed by atoms with Gasteiger partial charge in [-0.2, -0.15) is 9.78 Å². The molecule has 1 atom stereocenters. The van der Waals surface area contributed by atoms with Gasteiger partial charge in [0.2, 0.25) is 0 Å². The quantitative estimate of drug-likeness (QED) is 0.860. The molecule has 138 valence electrons. The molecule has 0 amide bonds. The molecule has 0 spiro atoms. The lowest BCUT2D eigenvalue weighted by atomic mass is 10.0. The minimum absolute atomic E-state index is 0.174. The third-order valence-electron chi connectivity index (χ3n) is 5.08. The number of anilines is 1. The Balaban J connectivity index is 1.55. The Morgan fingerprint density at radius 3 is 3.15 bits per heavy atom. The van der Waals surface area contributed by atoms with E-state index in [1.54, 1.807) is 6.20 Å². The summed E-state index contributed by atoms with van der Waals surface area (Å²) in [4.78, 5) is 12.7. The summed E-state index contributed by atoms with van der Waals surface area (Å²) in [5.74, 6) is 0.440. The average molecular weight is 375 g/mol. The van der Waals surface area contributed by atoms with Crippen LogP contribution in [0, 0.1) is 5.92 Å². The van der Waals surface area contributed by atoms with E-state index < -0.39 is 0 Å². The van der Waals surface area contributed by atoms with Crippen LogP contribution in [0.15, 0.2) is 29.2 Å². The van der Waals surface area contributed by atoms with Crippen molar-refractivity contribution in [2.75, 3.05) is 31.6 Å². The van der Waals surface area contributed by atoms with Crippen molar-refractivity contribution in [2.45, 2.75) is 25.8 Å². The van der Waals surface area contributed by atoms with E-state index in [0.29, 0.717) is 11.6 Å². The maximum Gasteiger partial charge on any atom is 0.292 e. The van der Waals surface area contributed by atoms with Crippen molar-refractivity contribution >= 4 is 17.3 Å². The molecule has 3 heterocycles. The first-order chi connectivity index (χ1) is 12.7. The van der Waals surface area contributed by atoms with Crippen LogP contribution < -0.4 is 16.2 Å². The summed E-state index contributed by atoms with van der Waals surface area (Å²) in [6.07, 6.45) is 4.84. The summed E-state index contributed by atoms with van der Waals surface area (Å²) >= 11 is 6.33. The van der Waals surface area contributed by atoms with Crippen molar-refractivity contribution in [2.24, 2.45) is 5.92 Å². The first kappa shape index (κ1) is 17.5. The van der Waals surface area contributed by atoms with Crippen LogP contribution in [0.3, 0.4) is 0 Å². The fourth-order valence-corrected chi connectivity index (χ4v) is 3.76. The number of benzene rings is 1. The third kappa shape index (κ3) is 3.63. The van der Waals surface area contributed by atoms with Gasteiger partial charge in [0.15, 0.2) is 0 Å². The van der Waals surface area contributed by atoms with Crippen LogP contribution in [-0.4, -0.2) is 36.1 Å². The number of fused-ring (bicyclic) bond motifs is 1. The van der Waals surface area contributed by atoms with Gasteiger partial charge in [-0.1, -0.05) is 17.7 Å². The van der Waals surface area contributed by atoms with Crippen LogP contribution >= 0.6 is 11.6 Å². The summed E-state index contributed by atoms with van der Waals surface area (Å²) in [6, 6.07) is 6.02. The van der Waals surface area contributed by atoms with E-state index in [1.165, 1.54) is 15.8 Å². The Morgan fingerprint density at radius 1 is 1.38 bits per heavy atom. The Bertz CT molecular complexity index is 846. The van der Waals surface area contributed by atoms with Gasteiger partial charge in [-0.05, 0) is 55.0 Å². The van der Waals surface area contributed by atoms with Gasteiger partial charge in [0.05, 0.1) is 24.2 Å². The van der Waals surface area contributed by atoms with Crippen LogP contribution in [0.1, 0.15) is 24.0 Å². The Morgan fingerprint density at radius 2 is 2.31 bits per heavy atom. The van der Waals surface area contributed by atoms with E-state index in [2.05, 4.69) is 21.8 Å². The summed E-state index contributed by atoms with van der Waals surface area (Å²) in [6.45, 7) is 4.12. The van der Waals surface area contributed by atoms with Crippen molar-refractivity contribution in [3.63, 3.8) is 0 Å². The molecular weight excluding hydrogens is 352 g/mol. The molecule has 1 aromatic carbocycles. The highest BCUT2D eigenvalue weighted by molar-refractivity contribution is 6.32. The fraction of sp³-hybridized carbons (Fsp3) is 0.474. The summed E-state index contributed by atoms with van der Waals surface area (Å²) in [5.41, 5.74) is 3.54. The summed E-state index contributed by atoms with van der Waals surface area (Å²) in [7, 11) is 0. The van der Waals surface area contributed by atoms with E-state index in [1.807, 2.05) is 12.1 Å². The number of ether oxygens (including phenoxy) is 1. The number of rotatable bonds is 4. The van der Waals surface area contributed by atoms with Crippen LogP contribution in [0.2, 0.25) is 5.02 Å². The Hall–Kier alpha value is -1.89. The van der Waals surface area contributed by atoms with E-state index >= 15 is 0 Å². The third-order valence-corrected chi connectivity index (χ3v) is 5.44. The zero-order valence-corrected chi connectivity index (χ0v) is 15.4. The van der Waals surface area contributed by atoms with Gasteiger partial charge in [0, 0.05) is 19.7 Å². The smallest absolute Gasteiger partial charge is 0.292 e. The highest BCUT2D eigenvalue weighted by atomic mass is 35.5. The lowest BCUT2D eigenvalue weighted by Crippen LogP contribution is -2.27. The van der Waals surface area contributed by atoms with Gasteiger partial charge in [-0.3, -0.25) is 4.79 Å². The van der Waals surface area contributed by atoms with E-state index in [9.17, 15) is 4.79 Å². The summed E-state index contributed by atoms with van der Waals surface area (Å²) in [5, 5.41) is 11.1. The maximum absolute atomic E-state index is 12.7. The van der Waals surface area contributed by atoms with E-state index in [-0.39, 0.29) is 10.6 Å². The number of nitrogens with zero attached hydrogens (tertiary/aromatic N) is 2. The number of hydrogen-bond acceptors (Lipinski definition) is 5. The van der Waals surface area contributed by atoms with Gasteiger partial charge in [-0.25, -0.2) is 0 Å². The molecule has 2 aliphatic heterocycles. The highest BCUT2D eigenvalue weighted by Crippen LogP contribution is 2.21. The number of nitrogens with one attached hydrogen (secondary N) is 2. The second kappa shape index (κ2) is 7.78. The van der Waals surface area contributed by atoms with E-state index in [4.69, 9.17) is 16.3 Å². The van der Waals surface area contributed by atoms with Crippen molar-refractivity contribution in [3.8, 4) is 5.69 Å². The fourth-order valence-electron chi connectivity index (χ4n) is 3.56. The Labute approximate surface area is 157 Å². The predicted octanol–water partition coefficient (Wildman–Crippen LogP) is 2.37. The molecule has 26 heavy (non-hydrogen) atoms. The average Bonchev–Trinajstić information content (AvgIpc) is 2.69. The maximum atomic E-state index is 12.7. The molecule has 2 aliphatic rings. The molecule has 0 aliphatic carbocycles. The molecule has 0 saturated carbocycles. The molecule has 1 saturated heterocycles. The first-order valence-corrected chi connectivity index (χ1v) is 9.52. The molecule has 1 aromatic heterocycles. The van der Waals surface area contributed by atoms with Gasteiger partial charge in [-0.15, -0.1) is 0 Å². The van der Waals surface area contributed by atoms with Crippen LogP contribution in [-0.2, 0) is 17.7 Å². The second-order valence-corrected chi connectivity index (χ2v) is 7.31. The summed E-state index contributed by atoms with van der Waals surface area (Å²) < 4.78 is 6.85. The van der Waals surface area contributed by atoms with Gasteiger partial charge in [0.1, 0.15) is 5.02 Å². The molecule has 2 N–H and O–H groups in total. The van der Waals surface area contributed by atoms with Crippen LogP contribution in [0.4, 0.5) is 5.69 Å². The highest BCUT2D eigenvalue weighted by Gasteiger charge is 2.17. The standard InChI is InChI=1S/C19H23ClN4O2/c20-18-17(22-9-13-2-1-7-26-12-13)11-23-24(19(18)25)16-4-3-14-5-6-21-10-15(14)8-16/h3-4,8,11,13,21-22H,1-2,5-7,9-10,12H2/t13-/m0/s1. The number of aromatic nitrogens is 2. The second-order valence-electron chi connectivity index (χ2n) is 6.93. The molecule has 1 fully saturated rings. The van der Waals surface area contributed by atoms with Crippen LogP contribution in [0.5, 0.6) is 0 Å². The van der Waals surface area contributed by atoms with Crippen molar-refractivity contribution in [1.29, 1.82) is 0 Å². The Kier molecular flexibility index (Phi) is 5.24. The normalized spacial score (nSPS) is 19.8. The monoisotopic (exact) mass is 374 g/mol. The molecular formula is C19H23ClN4O2. The molecule has 4 rings (SSSR count). The molecule has 2 aromatic rings. The lowest BCUT2D eigenvalue weighted by molar-refractivity contribution is 0.0595. The van der Waals surface area contributed by atoms with Crippen molar-refractivity contribution in [1.82, 2.24) is 15.1 Å².